The van der Waals surface area contributed by atoms with Gasteiger partial charge in [0, 0.05) is 13.1 Å². The van der Waals surface area contributed by atoms with Crippen LogP contribution in [0.25, 0.3) is 0 Å². The Bertz CT molecular complexity index is 611. The highest BCUT2D eigenvalue weighted by atomic mass is 35.5. The average Bonchev–Trinajstić information content (AvgIpc) is 2.49. The summed E-state index contributed by atoms with van der Waals surface area (Å²) in [4.78, 5) is 0. The molecule has 22 heavy (non-hydrogen) atoms. The summed E-state index contributed by atoms with van der Waals surface area (Å²) in [6.07, 6.45) is 0. The molecule has 3 nitrogen and oxygen atoms in total. The summed E-state index contributed by atoms with van der Waals surface area (Å²) >= 11 is 6.25. The standard InChI is InChI=1S/C18H22ClNO2/c1-4-22-17-10-15(9-16(19)18(17)21-3)12-20-11-14-7-5-13(2)6-8-14/h5-10,20H,4,11-12H2,1-3H3. The minimum atomic E-state index is 0.570. The van der Waals surface area contributed by atoms with E-state index in [1.54, 1.807) is 7.11 Å². The number of aryl methyl sites for hydroxylation is 1. The number of benzene rings is 2. The van der Waals surface area contributed by atoms with Gasteiger partial charge in [-0.3, -0.25) is 0 Å². The summed E-state index contributed by atoms with van der Waals surface area (Å²) in [6.45, 7) is 6.14. The Kier molecular flexibility index (Phi) is 6.10. The molecule has 2 aromatic carbocycles. The summed E-state index contributed by atoms with van der Waals surface area (Å²) in [5.41, 5.74) is 3.60. The molecule has 0 atom stereocenters. The lowest BCUT2D eigenvalue weighted by Crippen LogP contribution is -2.13. The van der Waals surface area contributed by atoms with Gasteiger partial charge in [-0.25, -0.2) is 0 Å². The first-order valence-electron chi connectivity index (χ1n) is 7.39. The fourth-order valence-electron chi connectivity index (χ4n) is 2.24. The van der Waals surface area contributed by atoms with Crippen molar-refractivity contribution in [1.29, 1.82) is 0 Å². The van der Waals surface area contributed by atoms with Crippen LogP contribution in [0, 0.1) is 6.92 Å². The van der Waals surface area contributed by atoms with Gasteiger partial charge >= 0.3 is 0 Å². The van der Waals surface area contributed by atoms with Crippen LogP contribution >= 0.6 is 11.6 Å². The van der Waals surface area contributed by atoms with E-state index in [1.165, 1.54) is 11.1 Å². The van der Waals surface area contributed by atoms with Gasteiger partial charge in [0.25, 0.3) is 0 Å². The fraction of sp³-hybridized carbons (Fsp3) is 0.333. The predicted molar refractivity (Wildman–Crippen MR) is 90.9 cm³/mol. The van der Waals surface area contributed by atoms with Crippen LogP contribution in [-0.2, 0) is 13.1 Å². The first-order chi connectivity index (χ1) is 10.6. The first-order valence-corrected chi connectivity index (χ1v) is 7.77. The van der Waals surface area contributed by atoms with Gasteiger partial charge in [-0.05, 0) is 37.1 Å². The Morgan fingerprint density at radius 2 is 1.73 bits per heavy atom. The third-order valence-corrected chi connectivity index (χ3v) is 3.63. The summed E-state index contributed by atoms with van der Waals surface area (Å²) in [5.74, 6) is 1.27. The van der Waals surface area contributed by atoms with E-state index in [4.69, 9.17) is 21.1 Å². The van der Waals surface area contributed by atoms with Crippen LogP contribution in [0.2, 0.25) is 5.02 Å². The summed E-state index contributed by atoms with van der Waals surface area (Å²) < 4.78 is 10.9. The highest BCUT2D eigenvalue weighted by Gasteiger charge is 2.11. The topological polar surface area (TPSA) is 30.5 Å². The quantitative estimate of drug-likeness (QED) is 0.823. The van der Waals surface area contributed by atoms with Gasteiger partial charge in [-0.15, -0.1) is 0 Å². The van der Waals surface area contributed by atoms with Crippen molar-refractivity contribution in [2.75, 3.05) is 13.7 Å². The van der Waals surface area contributed by atoms with Gasteiger partial charge in [0.05, 0.1) is 18.7 Å². The van der Waals surface area contributed by atoms with Crippen molar-refractivity contribution in [2.45, 2.75) is 26.9 Å². The molecular weight excluding hydrogens is 298 g/mol. The molecule has 2 aromatic rings. The lowest BCUT2D eigenvalue weighted by molar-refractivity contribution is 0.310. The van der Waals surface area contributed by atoms with Gasteiger partial charge in [-0.1, -0.05) is 41.4 Å². The molecule has 2 rings (SSSR count). The molecular formula is C18H22ClNO2. The van der Waals surface area contributed by atoms with Crippen molar-refractivity contribution in [3.63, 3.8) is 0 Å². The Morgan fingerprint density at radius 3 is 2.36 bits per heavy atom. The van der Waals surface area contributed by atoms with Crippen LogP contribution < -0.4 is 14.8 Å². The van der Waals surface area contributed by atoms with E-state index in [0.29, 0.717) is 23.1 Å². The van der Waals surface area contributed by atoms with Crippen molar-refractivity contribution in [2.24, 2.45) is 0 Å². The molecule has 0 aliphatic carbocycles. The summed E-state index contributed by atoms with van der Waals surface area (Å²) in [7, 11) is 1.60. The van der Waals surface area contributed by atoms with E-state index in [0.717, 1.165) is 18.7 Å². The second kappa shape index (κ2) is 8.06. The van der Waals surface area contributed by atoms with E-state index in [2.05, 4.69) is 36.5 Å². The third kappa shape index (κ3) is 4.39. The smallest absolute Gasteiger partial charge is 0.179 e. The number of nitrogens with one attached hydrogen (secondary N) is 1. The third-order valence-electron chi connectivity index (χ3n) is 3.35. The molecule has 0 bridgehead atoms. The maximum absolute atomic E-state index is 6.25. The molecule has 0 aromatic heterocycles. The van der Waals surface area contributed by atoms with Crippen LogP contribution in [0.4, 0.5) is 0 Å². The molecule has 118 valence electrons. The molecule has 0 fully saturated rings. The van der Waals surface area contributed by atoms with E-state index >= 15 is 0 Å². The van der Waals surface area contributed by atoms with E-state index < -0.39 is 0 Å². The second-order valence-corrected chi connectivity index (χ2v) is 5.54. The molecule has 0 heterocycles. The van der Waals surface area contributed by atoms with Crippen LogP contribution in [0.5, 0.6) is 11.5 Å². The Hall–Kier alpha value is -1.71. The van der Waals surface area contributed by atoms with Crippen LogP contribution in [0.15, 0.2) is 36.4 Å². The predicted octanol–water partition coefficient (Wildman–Crippen LogP) is 4.35. The zero-order valence-electron chi connectivity index (χ0n) is 13.3. The number of rotatable bonds is 7. The van der Waals surface area contributed by atoms with Crippen LogP contribution in [0.3, 0.4) is 0 Å². The molecule has 0 unspecified atom stereocenters. The number of hydrogen-bond acceptors (Lipinski definition) is 3. The fourth-order valence-corrected chi connectivity index (χ4v) is 2.55. The Labute approximate surface area is 137 Å². The lowest BCUT2D eigenvalue weighted by Gasteiger charge is -2.13. The molecule has 0 spiro atoms. The molecule has 4 heteroatoms. The van der Waals surface area contributed by atoms with Gasteiger partial charge in [0.1, 0.15) is 0 Å². The van der Waals surface area contributed by atoms with Crippen molar-refractivity contribution in [3.8, 4) is 11.5 Å². The van der Waals surface area contributed by atoms with E-state index in [-0.39, 0.29) is 0 Å². The van der Waals surface area contributed by atoms with Crippen molar-refractivity contribution in [3.05, 3.63) is 58.1 Å². The van der Waals surface area contributed by atoms with Gasteiger partial charge in [0.2, 0.25) is 0 Å². The summed E-state index contributed by atoms with van der Waals surface area (Å²) in [6, 6.07) is 12.4. The minimum Gasteiger partial charge on any atom is -0.491 e. The van der Waals surface area contributed by atoms with E-state index in [1.807, 2.05) is 19.1 Å². The highest BCUT2D eigenvalue weighted by molar-refractivity contribution is 6.32. The highest BCUT2D eigenvalue weighted by Crippen LogP contribution is 2.36. The Balaban J connectivity index is 2.01. The molecule has 0 saturated heterocycles. The molecule has 0 saturated carbocycles. The normalized spacial score (nSPS) is 10.5. The number of methoxy groups -OCH3 is 1. The maximum atomic E-state index is 6.25. The number of ether oxygens (including phenoxy) is 2. The zero-order chi connectivity index (χ0) is 15.9. The maximum Gasteiger partial charge on any atom is 0.179 e. The van der Waals surface area contributed by atoms with Crippen LogP contribution in [-0.4, -0.2) is 13.7 Å². The SMILES string of the molecule is CCOc1cc(CNCc2ccc(C)cc2)cc(Cl)c1OC. The molecule has 0 radical (unpaired) electrons. The van der Waals surface area contributed by atoms with Gasteiger partial charge < -0.3 is 14.8 Å². The molecule has 1 N–H and O–H groups in total. The number of halogens is 1. The van der Waals surface area contributed by atoms with Crippen LogP contribution in [0.1, 0.15) is 23.6 Å². The van der Waals surface area contributed by atoms with Gasteiger partial charge in [-0.2, -0.15) is 0 Å². The molecule has 0 aliphatic heterocycles. The van der Waals surface area contributed by atoms with Crippen molar-refractivity contribution < 1.29 is 9.47 Å². The number of hydrogen-bond donors (Lipinski definition) is 1. The largest absolute Gasteiger partial charge is 0.491 e. The van der Waals surface area contributed by atoms with Crippen molar-refractivity contribution in [1.82, 2.24) is 5.32 Å². The minimum absolute atomic E-state index is 0.570. The van der Waals surface area contributed by atoms with Gasteiger partial charge in [0.15, 0.2) is 11.5 Å². The van der Waals surface area contributed by atoms with Crippen molar-refractivity contribution >= 4 is 11.6 Å². The second-order valence-electron chi connectivity index (χ2n) is 5.13. The van der Waals surface area contributed by atoms with E-state index in [9.17, 15) is 0 Å². The zero-order valence-corrected chi connectivity index (χ0v) is 14.0. The lowest BCUT2D eigenvalue weighted by atomic mass is 10.1. The molecule has 0 amide bonds. The Morgan fingerprint density at radius 1 is 1.05 bits per heavy atom. The summed E-state index contributed by atoms with van der Waals surface area (Å²) in [5, 5.41) is 3.99. The molecule has 0 aliphatic rings. The monoisotopic (exact) mass is 319 g/mol. The average molecular weight is 320 g/mol. The first kappa shape index (κ1) is 16.7.